The molecule has 2 aliphatic heterocycles. The van der Waals surface area contributed by atoms with E-state index in [1.165, 1.54) is 18.2 Å². The summed E-state index contributed by atoms with van der Waals surface area (Å²) in [6.07, 6.45) is -0.806. The van der Waals surface area contributed by atoms with E-state index in [1.807, 2.05) is 4.68 Å². The average molecular weight is 444 g/mol. The summed E-state index contributed by atoms with van der Waals surface area (Å²) >= 11 is 0. The number of hydrogen-bond acceptors (Lipinski definition) is 6. The van der Waals surface area contributed by atoms with Crippen molar-refractivity contribution in [3.63, 3.8) is 0 Å². The van der Waals surface area contributed by atoms with Gasteiger partial charge in [0.25, 0.3) is 5.89 Å². The first-order valence-electron chi connectivity index (χ1n) is 10.1. The predicted molar refractivity (Wildman–Crippen MR) is 108 cm³/mol. The third-order valence-electron chi connectivity index (χ3n) is 5.89. The lowest BCUT2D eigenvalue weighted by molar-refractivity contribution is -0.137. The number of carbonyl (C=O) groups excluding carboxylic acids is 1. The third kappa shape index (κ3) is 3.15. The van der Waals surface area contributed by atoms with E-state index >= 15 is 0 Å². The maximum absolute atomic E-state index is 12.9. The normalized spacial score (nSPS) is 20.3. The summed E-state index contributed by atoms with van der Waals surface area (Å²) in [4.78, 5) is 12.4. The monoisotopic (exact) mass is 444 g/mol. The predicted octanol–water partition coefficient (Wildman–Crippen LogP) is 3.59. The van der Waals surface area contributed by atoms with E-state index in [0.29, 0.717) is 36.6 Å². The van der Waals surface area contributed by atoms with Crippen LogP contribution in [0.4, 0.5) is 24.5 Å². The SMILES string of the molecule is C=CC1(c2nnc(-c3nn4c(c3Nc3ccc(C(F)(F)F)cc3)CCC4)o2)CCNC1=O. The molecule has 0 saturated carbocycles. The van der Waals surface area contributed by atoms with Crippen LogP contribution in [0.25, 0.3) is 11.6 Å². The van der Waals surface area contributed by atoms with Crippen molar-refractivity contribution in [2.75, 3.05) is 11.9 Å². The largest absolute Gasteiger partial charge is 0.418 e. The molecule has 5 rings (SSSR count). The van der Waals surface area contributed by atoms with Crippen molar-refractivity contribution in [2.45, 2.75) is 37.4 Å². The molecule has 1 fully saturated rings. The number of rotatable bonds is 5. The number of carbonyl (C=O) groups is 1. The molecule has 0 spiro atoms. The van der Waals surface area contributed by atoms with Gasteiger partial charge in [0.1, 0.15) is 5.41 Å². The Balaban J connectivity index is 1.51. The van der Waals surface area contributed by atoms with Gasteiger partial charge in [-0.1, -0.05) is 6.08 Å². The van der Waals surface area contributed by atoms with Gasteiger partial charge in [-0.25, -0.2) is 0 Å². The van der Waals surface area contributed by atoms with Gasteiger partial charge in [0.2, 0.25) is 11.8 Å². The number of anilines is 2. The van der Waals surface area contributed by atoms with Gasteiger partial charge in [0.05, 0.1) is 16.9 Å². The highest BCUT2D eigenvalue weighted by molar-refractivity contribution is 5.91. The minimum absolute atomic E-state index is 0.122. The van der Waals surface area contributed by atoms with Gasteiger partial charge >= 0.3 is 6.18 Å². The Kier molecular flexibility index (Phi) is 4.57. The van der Waals surface area contributed by atoms with Crippen LogP contribution in [0.5, 0.6) is 0 Å². The van der Waals surface area contributed by atoms with Crippen LogP contribution in [0.1, 0.15) is 30.0 Å². The molecular formula is C21H19F3N6O2. The molecule has 1 saturated heterocycles. The van der Waals surface area contributed by atoms with Crippen molar-refractivity contribution in [3.05, 3.63) is 54.1 Å². The molecule has 1 unspecified atom stereocenters. The van der Waals surface area contributed by atoms with Gasteiger partial charge < -0.3 is 15.1 Å². The van der Waals surface area contributed by atoms with E-state index in [0.717, 1.165) is 30.7 Å². The van der Waals surface area contributed by atoms with Crippen LogP contribution in [0, 0.1) is 0 Å². The molecule has 1 aromatic carbocycles. The summed E-state index contributed by atoms with van der Waals surface area (Å²) in [5, 5.41) is 18.7. The Hall–Kier alpha value is -3.63. The Labute approximate surface area is 180 Å². The highest BCUT2D eigenvalue weighted by Crippen LogP contribution is 2.39. The first kappa shape index (κ1) is 20.3. The van der Waals surface area contributed by atoms with Crippen LogP contribution in [0.3, 0.4) is 0 Å². The zero-order valence-corrected chi connectivity index (χ0v) is 16.9. The van der Waals surface area contributed by atoms with Crippen molar-refractivity contribution in [3.8, 4) is 11.6 Å². The number of nitrogens with zero attached hydrogens (tertiary/aromatic N) is 4. The van der Waals surface area contributed by atoms with E-state index < -0.39 is 17.2 Å². The lowest BCUT2D eigenvalue weighted by Gasteiger charge is -2.15. The highest BCUT2D eigenvalue weighted by atomic mass is 19.4. The van der Waals surface area contributed by atoms with Crippen LogP contribution in [0.2, 0.25) is 0 Å². The first-order chi connectivity index (χ1) is 15.3. The fraction of sp³-hybridized carbons (Fsp3) is 0.333. The second kappa shape index (κ2) is 7.21. The summed E-state index contributed by atoms with van der Waals surface area (Å²) in [6, 6.07) is 4.76. The summed E-state index contributed by atoms with van der Waals surface area (Å²) in [5.74, 6) is 0.00140. The van der Waals surface area contributed by atoms with Crippen molar-refractivity contribution in [1.29, 1.82) is 0 Å². The van der Waals surface area contributed by atoms with E-state index in [4.69, 9.17) is 4.42 Å². The van der Waals surface area contributed by atoms with Crippen molar-refractivity contribution in [1.82, 2.24) is 25.3 Å². The van der Waals surface area contributed by atoms with E-state index in [1.54, 1.807) is 0 Å². The number of amides is 1. The standard InChI is InChI=1S/C21H19F3N6O2/c1-2-20(9-10-25-18(20)31)19-28-27-17(32-19)16-15(14-4-3-11-30(14)29-16)26-13-7-5-12(6-8-13)21(22,23)24/h2,5-8,26H,1,3-4,9-11H2,(H,25,31). The Morgan fingerprint density at radius 3 is 2.69 bits per heavy atom. The maximum atomic E-state index is 12.9. The number of aromatic nitrogens is 4. The van der Waals surface area contributed by atoms with E-state index in [-0.39, 0.29) is 17.7 Å². The molecule has 0 aliphatic carbocycles. The van der Waals surface area contributed by atoms with Gasteiger partial charge in [0, 0.05) is 18.8 Å². The number of halogens is 3. The molecule has 4 heterocycles. The third-order valence-corrected chi connectivity index (χ3v) is 5.89. The quantitative estimate of drug-likeness (QED) is 0.584. The molecule has 2 aliphatic rings. The van der Waals surface area contributed by atoms with Gasteiger partial charge in [-0.05, 0) is 43.5 Å². The maximum Gasteiger partial charge on any atom is 0.416 e. The fourth-order valence-corrected chi connectivity index (χ4v) is 4.13. The number of nitrogens with one attached hydrogen (secondary N) is 2. The zero-order valence-electron chi connectivity index (χ0n) is 16.9. The van der Waals surface area contributed by atoms with Crippen molar-refractivity contribution in [2.24, 2.45) is 0 Å². The Morgan fingerprint density at radius 2 is 2.03 bits per heavy atom. The molecule has 0 bridgehead atoms. The van der Waals surface area contributed by atoms with E-state index in [9.17, 15) is 18.0 Å². The zero-order chi connectivity index (χ0) is 22.5. The Morgan fingerprint density at radius 1 is 1.25 bits per heavy atom. The van der Waals surface area contributed by atoms with Gasteiger partial charge in [-0.2, -0.15) is 18.3 Å². The minimum atomic E-state index is -4.41. The lowest BCUT2D eigenvalue weighted by Crippen LogP contribution is -2.33. The molecule has 0 radical (unpaired) electrons. The number of aryl methyl sites for hydroxylation is 1. The highest BCUT2D eigenvalue weighted by Gasteiger charge is 2.46. The summed E-state index contributed by atoms with van der Waals surface area (Å²) < 4.78 is 46.3. The number of alkyl halides is 3. The summed E-state index contributed by atoms with van der Waals surface area (Å²) in [5.41, 5.74) is 0.539. The fourth-order valence-electron chi connectivity index (χ4n) is 4.13. The van der Waals surface area contributed by atoms with Gasteiger partial charge in [-0.15, -0.1) is 16.8 Å². The molecule has 2 N–H and O–H groups in total. The molecule has 166 valence electrons. The summed E-state index contributed by atoms with van der Waals surface area (Å²) in [6.45, 7) is 4.94. The molecule has 3 aromatic rings. The molecule has 2 aromatic heterocycles. The number of hydrogen-bond donors (Lipinski definition) is 2. The van der Waals surface area contributed by atoms with Crippen molar-refractivity contribution < 1.29 is 22.4 Å². The van der Waals surface area contributed by atoms with Crippen LogP contribution < -0.4 is 10.6 Å². The number of fused-ring (bicyclic) bond motifs is 1. The Bertz CT molecular complexity index is 1200. The lowest BCUT2D eigenvalue weighted by atomic mass is 9.86. The van der Waals surface area contributed by atoms with Crippen LogP contribution in [0.15, 0.2) is 41.3 Å². The number of benzene rings is 1. The molecule has 11 heteroatoms. The summed E-state index contributed by atoms with van der Waals surface area (Å²) in [7, 11) is 0. The molecule has 8 nitrogen and oxygen atoms in total. The smallest absolute Gasteiger partial charge is 0.416 e. The van der Waals surface area contributed by atoms with Gasteiger partial charge in [0.15, 0.2) is 5.69 Å². The van der Waals surface area contributed by atoms with Crippen LogP contribution in [-0.4, -0.2) is 32.4 Å². The molecule has 1 amide bonds. The van der Waals surface area contributed by atoms with Crippen molar-refractivity contribution >= 4 is 17.3 Å². The minimum Gasteiger partial charge on any atom is -0.418 e. The second-order valence-corrected chi connectivity index (χ2v) is 7.79. The molecule has 1 atom stereocenters. The van der Waals surface area contributed by atoms with E-state index in [2.05, 4.69) is 32.5 Å². The molecular weight excluding hydrogens is 425 g/mol. The second-order valence-electron chi connectivity index (χ2n) is 7.79. The van der Waals surface area contributed by atoms with Gasteiger partial charge in [-0.3, -0.25) is 9.48 Å². The average Bonchev–Trinajstić information content (AvgIpc) is 3.53. The molecule has 32 heavy (non-hydrogen) atoms. The first-order valence-corrected chi connectivity index (χ1v) is 10.1. The van der Waals surface area contributed by atoms with Crippen LogP contribution in [-0.2, 0) is 29.4 Å². The van der Waals surface area contributed by atoms with Crippen LogP contribution >= 0.6 is 0 Å². The topological polar surface area (TPSA) is 97.9 Å².